The molecule has 0 saturated carbocycles. The van der Waals surface area contributed by atoms with Crippen molar-refractivity contribution >= 4 is 21.3 Å². The number of aromatic amines is 1. The second-order valence-electron chi connectivity index (χ2n) is 6.81. The minimum atomic E-state index is -3.70. The van der Waals surface area contributed by atoms with Crippen molar-refractivity contribution in [1.82, 2.24) is 19.5 Å². The van der Waals surface area contributed by atoms with Crippen molar-refractivity contribution in [3.8, 4) is 0 Å². The van der Waals surface area contributed by atoms with E-state index in [1.165, 1.54) is 6.33 Å². The summed E-state index contributed by atoms with van der Waals surface area (Å²) in [5.74, 6) is 0.255. The lowest BCUT2D eigenvalue weighted by Gasteiger charge is -2.30. The largest absolute Gasteiger partial charge is 0.348 e. The number of rotatable bonds is 5. The van der Waals surface area contributed by atoms with Crippen LogP contribution in [0.4, 0.5) is 0 Å². The van der Waals surface area contributed by atoms with Gasteiger partial charge in [-0.25, -0.2) is 9.97 Å². The van der Waals surface area contributed by atoms with E-state index in [2.05, 4.69) is 15.0 Å². The molecule has 2 aromatic heterocycles. The molecule has 3 rings (SSSR count). The maximum absolute atomic E-state index is 12.1. The number of hydrogen-bond donors (Lipinski definition) is 1. The van der Waals surface area contributed by atoms with Crippen LogP contribution in [0.15, 0.2) is 11.1 Å². The minimum absolute atomic E-state index is 0.176. The highest BCUT2D eigenvalue weighted by Crippen LogP contribution is 2.47. The molecule has 9 nitrogen and oxygen atoms in total. The Balaban J connectivity index is 2.16. The van der Waals surface area contributed by atoms with Gasteiger partial charge >= 0.3 is 0 Å². The van der Waals surface area contributed by atoms with E-state index in [-0.39, 0.29) is 17.0 Å². The van der Waals surface area contributed by atoms with E-state index in [9.17, 15) is 13.2 Å². The molecule has 3 atom stereocenters. The molecule has 3 heterocycles. The van der Waals surface area contributed by atoms with E-state index >= 15 is 0 Å². The van der Waals surface area contributed by atoms with Gasteiger partial charge in [-0.2, -0.15) is 8.42 Å². The fraction of sp³-hybridized carbons (Fsp3) is 0.688. The van der Waals surface area contributed by atoms with E-state index in [1.54, 1.807) is 11.5 Å². The number of fused-ring (bicyclic) bond motifs is 1. The standard InChI is InChI=1S/C16H24N4O5S/c1-6-16(7-2)9(3)12(25-26(5,22)23)15(24-16)20-8-17-11-13(20)18-10(4)19-14(11)21/h8-9,12,15H,6-7H2,1-5H3,(H,18,19,21)/t9-,12-,15+/m0/s1. The lowest BCUT2D eigenvalue weighted by atomic mass is 9.83. The Morgan fingerprint density at radius 2 is 2.04 bits per heavy atom. The smallest absolute Gasteiger partial charge is 0.279 e. The summed E-state index contributed by atoms with van der Waals surface area (Å²) < 4.78 is 37.0. The molecule has 0 unspecified atom stereocenters. The molecule has 0 aliphatic carbocycles. The Labute approximate surface area is 151 Å². The number of ether oxygens (including phenoxy) is 1. The monoisotopic (exact) mass is 384 g/mol. The molecule has 26 heavy (non-hydrogen) atoms. The third kappa shape index (κ3) is 3.06. The second-order valence-corrected chi connectivity index (χ2v) is 8.41. The van der Waals surface area contributed by atoms with Gasteiger partial charge in [0.05, 0.1) is 18.2 Å². The van der Waals surface area contributed by atoms with Gasteiger partial charge in [-0.1, -0.05) is 20.8 Å². The first-order chi connectivity index (χ1) is 12.1. The highest BCUT2D eigenvalue weighted by Gasteiger charge is 2.53. The molecule has 2 aromatic rings. The van der Waals surface area contributed by atoms with Crippen molar-refractivity contribution in [2.24, 2.45) is 5.92 Å². The number of nitrogens with one attached hydrogen (secondary N) is 1. The molecule has 1 saturated heterocycles. The number of hydrogen-bond acceptors (Lipinski definition) is 7. The molecule has 1 aliphatic rings. The molecule has 0 amide bonds. The van der Waals surface area contributed by atoms with Crippen LogP contribution >= 0.6 is 0 Å². The Morgan fingerprint density at radius 1 is 1.38 bits per heavy atom. The van der Waals surface area contributed by atoms with Gasteiger partial charge in [-0.05, 0) is 19.8 Å². The van der Waals surface area contributed by atoms with Crippen LogP contribution in [-0.4, -0.2) is 45.9 Å². The molecule has 10 heteroatoms. The summed E-state index contributed by atoms with van der Waals surface area (Å²) in [6, 6.07) is 0. The van der Waals surface area contributed by atoms with Crippen LogP contribution < -0.4 is 5.56 Å². The normalized spacial score (nSPS) is 25.8. The highest BCUT2D eigenvalue weighted by atomic mass is 32.2. The maximum atomic E-state index is 12.1. The van der Waals surface area contributed by atoms with Crippen LogP contribution in [0.2, 0.25) is 0 Å². The molecular formula is C16H24N4O5S. The van der Waals surface area contributed by atoms with Gasteiger partial charge in [0.1, 0.15) is 11.9 Å². The fourth-order valence-corrected chi connectivity index (χ4v) is 4.46. The molecule has 1 N–H and O–H groups in total. The average molecular weight is 384 g/mol. The van der Waals surface area contributed by atoms with Gasteiger partial charge in [0.15, 0.2) is 17.4 Å². The van der Waals surface area contributed by atoms with E-state index in [1.807, 2.05) is 20.8 Å². The lowest BCUT2D eigenvalue weighted by Crippen LogP contribution is -2.36. The summed E-state index contributed by atoms with van der Waals surface area (Å²) in [5.41, 5.74) is -0.369. The third-order valence-electron chi connectivity index (χ3n) is 5.27. The third-order valence-corrected chi connectivity index (χ3v) is 5.84. The van der Waals surface area contributed by atoms with Crippen molar-refractivity contribution in [1.29, 1.82) is 0 Å². The minimum Gasteiger partial charge on any atom is -0.348 e. The van der Waals surface area contributed by atoms with Crippen LogP contribution in [0.1, 0.15) is 45.7 Å². The van der Waals surface area contributed by atoms with E-state index in [0.717, 1.165) is 6.26 Å². The first kappa shape index (κ1) is 19.0. The molecule has 0 spiro atoms. The Kier molecular flexibility index (Phi) is 4.70. The summed E-state index contributed by atoms with van der Waals surface area (Å²) in [6.07, 6.45) is 2.37. The summed E-state index contributed by atoms with van der Waals surface area (Å²) in [5, 5.41) is 0. The fourth-order valence-electron chi connectivity index (χ4n) is 3.79. The summed E-state index contributed by atoms with van der Waals surface area (Å²) in [6.45, 7) is 7.59. The molecule has 0 bridgehead atoms. The van der Waals surface area contributed by atoms with Crippen LogP contribution in [0.5, 0.6) is 0 Å². The average Bonchev–Trinajstić information content (AvgIpc) is 3.07. The summed E-state index contributed by atoms with van der Waals surface area (Å²) in [7, 11) is -3.70. The topological polar surface area (TPSA) is 116 Å². The van der Waals surface area contributed by atoms with Crippen LogP contribution in [0.3, 0.4) is 0 Å². The van der Waals surface area contributed by atoms with Gasteiger partial charge in [-0.3, -0.25) is 13.5 Å². The molecule has 144 valence electrons. The van der Waals surface area contributed by atoms with E-state index < -0.39 is 28.1 Å². The molecule has 0 radical (unpaired) electrons. The highest BCUT2D eigenvalue weighted by molar-refractivity contribution is 7.86. The number of imidazole rings is 1. The number of H-pyrrole nitrogens is 1. The van der Waals surface area contributed by atoms with Crippen molar-refractivity contribution in [2.75, 3.05) is 6.26 Å². The zero-order valence-corrected chi connectivity index (χ0v) is 16.3. The van der Waals surface area contributed by atoms with Crippen molar-refractivity contribution in [2.45, 2.75) is 58.5 Å². The number of nitrogens with zero attached hydrogens (tertiary/aromatic N) is 3. The van der Waals surface area contributed by atoms with Crippen molar-refractivity contribution in [3.63, 3.8) is 0 Å². The molecular weight excluding hydrogens is 360 g/mol. The zero-order valence-electron chi connectivity index (χ0n) is 15.5. The van der Waals surface area contributed by atoms with Crippen LogP contribution in [-0.2, 0) is 19.0 Å². The Hall–Kier alpha value is -1.78. The quantitative estimate of drug-likeness (QED) is 0.776. The van der Waals surface area contributed by atoms with Crippen LogP contribution in [0, 0.1) is 12.8 Å². The Bertz CT molecular complexity index is 976. The first-order valence-corrected chi connectivity index (χ1v) is 10.4. The lowest BCUT2D eigenvalue weighted by molar-refractivity contribution is -0.0928. The molecule has 1 fully saturated rings. The van der Waals surface area contributed by atoms with Gasteiger partial charge in [0.25, 0.3) is 15.7 Å². The van der Waals surface area contributed by atoms with Gasteiger partial charge < -0.3 is 9.72 Å². The summed E-state index contributed by atoms with van der Waals surface area (Å²) in [4.78, 5) is 23.2. The number of aromatic nitrogens is 4. The predicted octanol–water partition coefficient (Wildman–Crippen LogP) is 1.50. The Morgan fingerprint density at radius 3 is 2.62 bits per heavy atom. The summed E-state index contributed by atoms with van der Waals surface area (Å²) >= 11 is 0. The van der Waals surface area contributed by atoms with E-state index in [0.29, 0.717) is 24.3 Å². The SMILES string of the molecule is CCC1(CC)O[C@@H](n2cnc3c(=O)[nH]c(C)nc32)[C@@H](OS(C)(=O)=O)[C@@H]1C. The predicted molar refractivity (Wildman–Crippen MR) is 95.2 cm³/mol. The van der Waals surface area contributed by atoms with Gasteiger partial charge in [0, 0.05) is 5.92 Å². The van der Waals surface area contributed by atoms with Crippen molar-refractivity contribution < 1.29 is 17.3 Å². The van der Waals surface area contributed by atoms with Crippen molar-refractivity contribution in [3.05, 3.63) is 22.5 Å². The maximum Gasteiger partial charge on any atom is 0.279 e. The van der Waals surface area contributed by atoms with Gasteiger partial charge in [0.2, 0.25) is 0 Å². The van der Waals surface area contributed by atoms with Gasteiger partial charge in [-0.15, -0.1) is 0 Å². The number of aryl methyl sites for hydroxylation is 1. The second kappa shape index (κ2) is 6.43. The van der Waals surface area contributed by atoms with E-state index in [4.69, 9.17) is 8.92 Å². The molecule has 0 aromatic carbocycles. The zero-order chi connectivity index (χ0) is 19.3. The van der Waals surface area contributed by atoms with Crippen LogP contribution in [0.25, 0.3) is 11.2 Å². The first-order valence-electron chi connectivity index (χ1n) is 8.61. The molecule has 1 aliphatic heterocycles.